The van der Waals surface area contributed by atoms with Crippen molar-refractivity contribution in [3.8, 4) is 11.5 Å². The largest absolute Gasteiger partial charge is 0.490 e. The third kappa shape index (κ3) is 4.94. The number of ether oxygens (including phenoxy) is 3. The first-order chi connectivity index (χ1) is 17.3. The summed E-state index contributed by atoms with van der Waals surface area (Å²) >= 11 is 1.23. The molecule has 0 radical (unpaired) electrons. The summed E-state index contributed by atoms with van der Waals surface area (Å²) in [6.07, 6.45) is 1.73. The zero-order valence-electron chi connectivity index (χ0n) is 20.0. The summed E-state index contributed by atoms with van der Waals surface area (Å²) < 4.78 is 18.1. The molecule has 36 heavy (non-hydrogen) atoms. The Bertz CT molecular complexity index is 1520. The molecule has 4 rings (SSSR count). The molecule has 1 aliphatic heterocycles. The van der Waals surface area contributed by atoms with Gasteiger partial charge in [0.2, 0.25) is 0 Å². The number of amides is 1. The molecular formula is C26H25N3O6S. The summed E-state index contributed by atoms with van der Waals surface area (Å²) in [7, 11) is 1.31. The van der Waals surface area contributed by atoms with Gasteiger partial charge in [-0.15, -0.1) is 0 Å². The van der Waals surface area contributed by atoms with Crippen molar-refractivity contribution < 1.29 is 23.8 Å². The SMILES string of the molecule is CCOc1cc(C=c2sc3n(c2=O)C(c2ccccc2)C(C(=O)OC)=C(C)N=3)ccc1OCC(N)=O. The van der Waals surface area contributed by atoms with Gasteiger partial charge in [-0.05, 0) is 43.2 Å². The van der Waals surface area contributed by atoms with Gasteiger partial charge < -0.3 is 19.9 Å². The Morgan fingerprint density at radius 3 is 2.56 bits per heavy atom. The van der Waals surface area contributed by atoms with E-state index in [-0.39, 0.29) is 12.2 Å². The average Bonchev–Trinajstić information content (AvgIpc) is 3.17. The van der Waals surface area contributed by atoms with Crippen LogP contribution in [0.1, 0.15) is 31.0 Å². The molecule has 0 spiro atoms. The van der Waals surface area contributed by atoms with Crippen LogP contribution in [-0.4, -0.2) is 36.8 Å². The fourth-order valence-corrected chi connectivity index (χ4v) is 4.99. The Morgan fingerprint density at radius 1 is 1.14 bits per heavy atom. The minimum absolute atomic E-state index is 0.278. The predicted octanol–water partition coefficient (Wildman–Crippen LogP) is 1.67. The molecule has 0 aliphatic carbocycles. The Balaban J connectivity index is 1.84. The standard InChI is InChI=1S/C26H25N3O6S/c1-4-34-19-12-16(10-11-18(19)35-14-21(27)30)13-20-24(31)29-23(17-8-6-5-7-9-17)22(25(32)33-3)15(2)28-26(29)36-20/h5-13,23H,4,14H2,1-3H3,(H2,27,30). The molecule has 0 saturated heterocycles. The number of allylic oxidation sites excluding steroid dienone is 1. The summed E-state index contributed by atoms with van der Waals surface area (Å²) in [5, 5.41) is 0. The van der Waals surface area contributed by atoms with Crippen molar-refractivity contribution in [3.63, 3.8) is 0 Å². The smallest absolute Gasteiger partial charge is 0.338 e. The second-order valence-electron chi connectivity index (χ2n) is 7.88. The minimum atomic E-state index is -0.666. The van der Waals surface area contributed by atoms with Crippen molar-refractivity contribution in [2.24, 2.45) is 10.7 Å². The van der Waals surface area contributed by atoms with Crippen molar-refractivity contribution in [1.29, 1.82) is 0 Å². The van der Waals surface area contributed by atoms with Crippen LogP contribution in [0.15, 0.2) is 69.6 Å². The maximum absolute atomic E-state index is 13.6. The van der Waals surface area contributed by atoms with E-state index in [4.69, 9.17) is 19.9 Å². The third-order valence-electron chi connectivity index (χ3n) is 5.48. The van der Waals surface area contributed by atoms with Crippen molar-refractivity contribution in [2.45, 2.75) is 19.9 Å². The summed E-state index contributed by atoms with van der Waals surface area (Å²) in [6.45, 7) is 3.66. The molecule has 2 N–H and O–H groups in total. The van der Waals surface area contributed by atoms with Crippen LogP contribution in [-0.2, 0) is 14.3 Å². The molecule has 3 aromatic rings. The number of aromatic nitrogens is 1. The van der Waals surface area contributed by atoms with Gasteiger partial charge >= 0.3 is 5.97 Å². The average molecular weight is 508 g/mol. The van der Waals surface area contributed by atoms with Crippen LogP contribution in [0.4, 0.5) is 0 Å². The molecule has 0 bridgehead atoms. The number of esters is 1. The summed E-state index contributed by atoms with van der Waals surface area (Å²) in [5.41, 5.74) is 7.17. The van der Waals surface area contributed by atoms with Crippen LogP contribution in [0, 0.1) is 0 Å². The first-order valence-corrected chi connectivity index (χ1v) is 12.0. The lowest BCUT2D eigenvalue weighted by atomic mass is 9.96. The van der Waals surface area contributed by atoms with E-state index in [1.165, 1.54) is 23.0 Å². The van der Waals surface area contributed by atoms with E-state index in [0.717, 1.165) is 5.56 Å². The monoisotopic (exact) mass is 507 g/mol. The quantitative estimate of drug-likeness (QED) is 0.463. The van der Waals surface area contributed by atoms with Gasteiger partial charge in [-0.25, -0.2) is 9.79 Å². The first kappa shape index (κ1) is 24.9. The molecule has 10 heteroatoms. The normalized spacial score (nSPS) is 15.2. The van der Waals surface area contributed by atoms with Gasteiger partial charge in [0.15, 0.2) is 22.9 Å². The number of hydrogen-bond acceptors (Lipinski definition) is 8. The third-order valence-corrected chi connectivity index (χ3v) is 6.46. The number of primary amides is 1. The zero-order valence-corrected chi connectivity index (χ0v) is 20.8. The van der Waals surface area contributed by atoms with Gasteiger partial charge in [-0.1, -0.05) is 47.7 Å². The molecule has 0 fully saturated rings. The molecule has 1 amide bonds. The highest BCUT2D eigenvalue weighted by Gasteiger charge is 2.32. The van der Waals surface area contributed by atoms with Gasteiger partial charge in [-0.3, -0.25) is 14.2 Å². The van der Waals surface area contributed by atoms with Crippen LogP contribution >= 0.6 is 11.3 Å². The van der Waals surface area contributed by atoms with Crippen LogP contribution in [0.25, 0.3) is 6.08 Å². The van der Waals surface area contributed by atoms with Crippen molar-refractivity contribution in [2.75, 3.05) is 20.3 Å². The zero-order chi connectivity index (χ0) is 25.8. The Morgan fingerprint density at radius 2 is 1.89 bits per heavy atom. The molecule has 0 saturated carbocycles. The van der Waals surface area contributed by atoms with Crippen LogP contribution in [0.2, 0.25) is 0 Å². The van der Waals surface area contributed by atoms with Gasteiger partial charge in [0, 0.05) is 0 Å². The highest BCUT2D eigenvalue weighted by atomic mass is 32.1. The molecule has 1 aliphatic rings. The van der Waals surface area contributed by atoms with Gasteiger partial charge in [-0.2, -0.15) is 0 Å². The number of carbonyl (C=O) groups is 2. The van der Waals surface area contributed by atoms with E-state index in [9.17, 15) is 14.4 Å². The number of rotatable bonds is 8. The summed E-state index contributed by atoms with van der Waals surface area (Å²) in [6, 6.07) is 13.8. The highest BCUT2D eigenvalue weighted by molar-refractivity contribution is 7.07. The fourth-order valence-electron chi connectivity index (χ4n) is 3.95. The lowest BCUT2D eigenvalue weighted by Crippen LogP contribution is -2.39. The number of nitrogens with zero attached hydrogens (tertiary/aromatic N) is 2. The number of nitrogens with two attached hydrogens (primary N) is 1. The molecular weight excluding hydrogens is 482 g/mol. The predicted molar refractivity (Wildman–Crippen MR) is 135 cm³/mol. The van der Waals surface area contributed by atoms with E-state index in [0.29, 0.717) is 44.3 Å². The highest BCUT2D eigenvalue weighted by Crippen LogP contribution is 2.31. The lowest BCUT2D eigenvalue weighted by Gasteiger charge is -2.24. The van der Waals surface area contributed by atoms with Gasteiger partial charge in [0.25, 0.3) is 11.5 Å². The number of thiazole rings is 1. The van der Waals surface area contributed by atoms with Crippen LogP contribution in [0.5, 0.6) is 11.5 Å². The van der Waals surface area contributed by atoms with Crippen molar-refractivity contribution in [1.82, 2.24) is 4.57 Å². The first-order valence-electron chi connectivity index (χ1n) is 11.2. The molecule has 2 heterocycles. The number of fused-ring (bicyclic) bond motifs is 1. The van der Waals surface area contributed by atoms with Crippen LogP contribution in [0.3, 0.4) is 0 Å². The molecule has 2 aromatic carbocycles. The maximum atomic E-state index is 13.6. The maximum Gasteiger partial charge on any atom is 0.338 e. The topological polar surface area (TPSA) is 122 Å². The van der Waals surface area contributed by atoms with E-state index >= 15 is 0 Å². The van der Waals surface area contributed by atoms with Crippen molar-refractivity contribution in [3.05, 3.63) is 90.6 Å². The van der Waals surface area contributed by atoms with E-state index < -0.39 is 17.9 Å². The van der Waals surface area contributed by atoms with E-state index in [1.54, 1.807) is 31.2 Å². The second kappa shape index (κ2) is 10.6. The molecule has 186 valence electrons. The van der Waals surface area contributed by atoms with Crippen LogP contribution < -0.4 is 30.1 Å². The number of methoxy groups -OCH3 is 1. The Hall–Kier alpha value is -4.18. The van der Waals surface area contributed by atoms with Crippen molar-refractivity contribution >= 4 is 29.3 Å². The minimum Gasteiger partial charge on any atom is -0.490 e. The molecule has 1 atom stereocenters. The number of benzene rings is 2. The Labute approximate surface area is 210 Å². The lowest BCUT2D eigenvalue weighted by molar-refractivity contribution is -0.136. The van der Waals surface area contributed by atoms with E-state index in [2.05, 4.69) is 4.99 Å². The number of hydrogen-bond donors (Lipinski definition) is 1. The summed E-state index contributed by atoms with van der Waals surface area (Å²) in [5.74, 6) is -0.340. The van der Waals surface area contributed by atoms with Gasteiger partial charge in [0.05, 0.1) is 35.6 Å². The summed E-state index contributed by atoms with van der Waals surface area (Å²) in [4.78, 5) is 42.4. The molecule has 1 aromatic heterocycles. The molecule has 9 nitrogen and oxygen atoms in total. The fraction of sp³-hybridized carbons (Fsp3) is 0.231. The Kier molecular flexibility index (Phi) is 7.35. The second-order valence-corrected chi connectivity index (χ2v) is 8.89. The molecule has 1 unspecified atom stereocenters. The number of carbonyl (C=O) groups excluding carboxylic acids is 2. The van der Waals surface area contributed by atoms with Gasteiger partial charge in [0.1, 0.15) is 0 Å². The van der Waals surface area contributed by atoms with E-state index in [1.807, 2.05) is 37.3 Å².